The summed E-state index contributed by atoms with van der Waals surface area (Å²) in [7, 11) is 0. The largest absolute Gasteiger partial charge is 0.0626 e. The van der Waals surface area contributed by atoms with Gasteiger partial charge in [-0.05, 0) is 24.7 Å². The maximum absolute atomic E-state index is 1.85. The number of rotatable bonds is 0. The van der Waals surface area contributed by atoms with Gasteiger partial charge < -0.3 is 0 Å². The monoisotopic (exact) mass is 78.0 g/mol. The van der Waals surface area contributed by atoms with Crippen LogP contribution in [0.2, 0.25) is 0 Å². The lowest BCUT2D eigenvalue weighted by Crippen LogP contribution is -1.80. The van der Waals surface area contributed by atoms with E-state index < -0.39 is 0 Å². The van der Waals surface area contributed by atoms with Crippen LogP contribution < -0.4 is 0 Å². The Kier molecular flexibility index (Phi) is 0.126. The summed E-state index contributed by atoms with van der Waals surface area (Å²) in [5, 5.41) is 0. The van der Waals surface area contributed by atoms with E-state index in [9.17, 15) is 0 Å². The van der Waals surface area contributed by atoms with Crippen molar-refractivity contribution in [3.8, 4) is 0 Å². The van der Waals surface area contributed by atoms with Crippen LogP contribution in [-0.4, -0.2) is 0 Å². The molecule has 0 aromatic heterocycles. The van der Waals surface area contributed by atoms with Crippen LogP contribution in [0.3, 0.4) is 0 Å². The SMILES string of the molecule is C1C2=C1C1CC21. The molecule has 0 spiro atoms. The van der Waals surface area contributed by atoms with Crippen LogP contribution in [0.1, 0.15) is 12.8 Å². The second kappa shape index (κ2) is 0.351. The summed E-state index contributed by atoms with van der Waals surface area (Å²) in [5.74, 6) is 2.31. The molecule has 6 heavy (non-hydrogen) atoms. The lowest BCUT2D eigenvalue weighted by Gasteiger charge is -1.90. The predicted octanol–water partition coefficient (Wildman–Crippen LogP) is 1.34. The first kappa shape index (κ1) is 2.15. The van der Waals surface area contributed by atoms with Gasteiger partial charge in [0.15, 0.2) is 0 Å². The van der Waals surface area contributed by atoms with Crippen LogP contribution in [0, 0.1) is 11.8 Å². The highest BCUT2D eigenvalue weighted by Crippen LogP contribution is 2.71. The second-order valence-electron chi connectivity index (χ2n) is 2.68. The van der Waals surface area contributed by atoms with E-state index in [1.165, 1.54) is 6.42 Å². The van der Waals surface area contributed by atoms with Crippen LogP contribution in [0.15, 0.2) is 11.1 Å². The van der Waals surface area contributed by atoms with Gasteiger partial charge >= 0.3 is 0 Å². The van der Waals surface area contributed by atoms with Crippen LogP contribution >= 0.6 is 0 Å². The summed E-state index contributed by atoms with van der Waals surface area (Å²) in [6, 6.07) is 0. The summed E-state index contributed by atoms with van der Waals surface area (Å²) >= 11 is 0. The molecule has 0 saturated heterocycles. The molecule has 1 fully saturated rings. The molecule has 3 aliphatic carbocycles. The first-order chi connectivity index (χ1) is 2.97. The Morgan fingerprint density at radius 3 is 2.00 bits per heavy atom. The highest BCUT2D eigenvalue weighted by atomic mass is 14.6. The molecule has 0 aromatic rings. The van der Waals surface area contributed by atoms with Gasteiger partial charge in [0, 0.05) is 0 Å². The molecule has 0 amide bonds. The van der Waals surface area contributed by atoms with E-state index in [0.29, 0.717) is 0 Å². The fourth-order valence-electron chi connectivity index (χ4n) is 1.77. The normalized spacial score (nSPS) is 56.0. The topological polar surface area (TPSA) is 0 Å². The Labute approximate surface area is 36.9 Å². The number of hydrogen-bond donors (Lipinski definition) is 0. The van der Waals surface area contributed by atoms with Gasteiger partial charge in [0.25, 0.3) is 0 Å². The molecule has 0 nitrogen and oxygen atoms in total. The Hall–Kier alpha value is -0.260. The minimum atomic E-state index is 1.15. The van der Waals surface area contributed by atoms with E-state index in [2.05, 4.69) is 0 Å². The van der Waals surface area contributed by atoms with Crippen molar-refractivity contribution < 1.29 is 0 Å². The maximum Gasteiger partial charge on any atom is -0.00966 e. The highest BCUT2D eigenvalue weighted by molar-refractivity contribution is 5.56. The highest BCUT2D eigenvalue weighted by Gasteiger charge is 2.60. The zero-order valence-electron chi connectivity index (χ0n) is 3.57. The molecule has 2 unspecified atom stereocenters. The summed E-state index contributed by atoms with van der Waals surface area (Å²) in [6.07, 6.45) is 3.00. The van der Waals surface area contributed by atoms with Crippen LogP contribution in [-0.2, 0) is 0 Å². The van der Waals surface area contributed by atoms with E-state index >= 15 is 0 Å². The molecule has 2 atom stereocenters. The van der Waals surface area contributed by atoms with Gasteiger partial charge in [0.2, 0.25) is 0 Å². The predicted molar refractivity (Wildman–Crippen MR) is 23.2 cm³/mol. The van der Waals surface area contributed by atoms with Crippen LogP contribution in [0.4, 0.5) is 0 Å². The molecule has 30 valence electrons. The van der Waals surface area contributed by atoms with Gasteiger partial charge in [-0.1, -0.05) is 11.1 Å². The standard InChI is InChI=1S/C6H6/c1-3-4(1)6-2-5(3)6/h3-4H,1-2H2. The summed E-state index contributed by atoms with van der Waals surface area (Å²) < 4.78 is 0. The van der Waals surface area contributed by atoms with Crippen molar-refractivity contribution in [3.05, 3.63) is 11.1 Å². The van der Waals surface area contributed by atoms with E-state index in [4.69, 9.17) is 0 Å². The number of allylic oxidation sites excluding steroid dienone is 2. The minimum absolute atomic E-state index is 1.15. The number of hydrogen-bond acceptors (Lipinski definition) is 0. The molecule has 0 N–H and O–H groups in total. The van der Waals surface area contributed by atoms with Gasteiger partial charge in [0.1, 0.15) is 0 Å². The Bertz CT molecular complexity index is 137. The maximum atomic E-state index is 1.85. The molecule has 1 saturated carbocycles. The molecule has 0 heteroatoms. The molecule has 3 aliphatic rings. The molecule has 0 aliphatic heterocycles. The average Bonchev–Trinajstić information content (AvgIpc) is 2.04. The first-order valence-corrected chi connectivity index (χ1v) is 2.68. The van der Waals surface area contributed by atoms with Gasteiger partial charge in [-0.3, -0.25) is 0 Å². The molecular formula is C6H6. The average molecular weight is 78.1 g/mol. The van der Waals surface area contributed by atoms with Crippen molar-refractivity contribution in [3.63, 3.8) is 0 Å². The van der Waals surface area contributed by atoms with Crippen molar-refractivity contribution in [1.29, 1.82) is 0 Å². The van der Waals surface area contributed by atoms with Gasteiger partial charge in [-0.25, -0.2) is 0 Å². The van der Waals surface area contributed by atoms with E-state index in [1.54, 1.807) is 6.42 Å². The first-order valence-electron chi connectivity index (χ1n) is 2.68. The van der Waals surface area contributed by atoms with Crippen molar-refractivity contribution in [2.45, 2.75) is 12.8 Å². The molecule has 3 rings (SSSR count). The van der Waals surface area contributed by atoms with Crippen molar-refractivity contribution >= 4 is 0 Å². The van der Waals surface area contributed by atoms with Crippen molar-refractivity contribution in [1.82, 2.24) is 0 Å². The van der Waals surface area contributed by atoms with Crippen LogP contribution in [0.25, 0.3) is 0 Å². The summed E-state index contributed by atoms with van der Waals surface area (Å²) in [6.45, 7) is 0. The summed E-state index contributed by atoms with van der Waals surface area (Å²) in [5.41, 5.74) is 3.69. The zero-order valence-corrected chi connectivity index (χ0v) is 3.57. The van der Waals surface area contributed by atoms with E-state index in [-0.39, 0.29) is 0 Å². The fourth-order valence-corrected chi connectivity index (χ4v) is 1.77. The minimum Gasteiger partial charge on any atom is -0.0626 e. The quantitative estimate of drug-likeness (QED) is 0.383. The Morgan fingerprint density at radius 2 is 1.83 bits per heavy atom. The molecule has 0 bridgehead atoms. The van der Waals surface area contributed by atoms with E-state index in [0.717, 1.165) is 11.8 Å². The third-order valence-electron chi connectivity index (χ3n) is 2.35. The molecule has 0 aromatic carbocycles. The van der Waals surface area contributed by atoms with Crippen molar-refractivity contribution in [2.75, 3.05) is 0 Å². The molecular weight excluding hydrogens is 72.1 g/mol. The Morgan fingerprint density at radius 1 is 1.17 bits per heavy atom. The van der Waals surface area contributed by atoms with Gasteiger partial charge in [-0.15, -0.1) is 0 Å². The second-order valence-corrected chi connectivity index (χ2v) is 2.68. The lowest BCUT2D eigenvalue weighted by molar-refractivity contribution is 0.907. The van der Waals surface area contributed by atoms with Gasteiger partial charge in [0.05, 0.1) is 0 Å². The fraction of sp³-hybridized carbons (Fsp3) is 0.667. The lowest BCUT2D eigenvalue weighted by atomic mass is 10.1. The molecule has 0 heterocycles. The Balaban J connectivity index is 2.35. The third kappa shape index (κ3) is 0.0721. The van der Waals surface area contributed by atoms with E-state index in [1.807, 2.05) is 11.1 Å². The summed E-state index contributed by atoms with van der Waals surface area (Å²) in [4.78, 5) is 0. The number of fused-ring (bicyclic) bond motifs is 3. The van der Waals surface area contributed by atoms with Crippen molar-refractivity contribution in [2.24, 2.45) is 11.8 Å². The smallest absolute Gasteiger partial charge is 0.00966 e. The zero-order chi connectivity index (χ0) is 3.72. The molecule has 0 radical (unpaired) electrons. The van der Waals surface area contributed by atoms with Crippen LogP contribution in [0.5, 0.6) is 0 Å². The van der Waals surface area contributed by atoms with Gasteiger partial charge in [-0.2, -0.15) is 0 Å². The third-order valence-corrected chi connectivity index (χ3v) is 2.35.